The maximum Gasteiger partial charge on any atom is 0.124 e. The summed E-state index contributed by atoms with van der Waals surface area (Å²) in [4.78, 5) is 0. The van der Waals surface area contributed by atoms with Crippen molar-refractivity contribution in [2.75, 3.05) is 13.2 Å². The quantitative estimate of drug-likeness (QED) is 0.603. The van der Waals surface area contributed by atoms with Crippen LogP contribution in [0.5, 0.6) is 5.75 Å². The Morgan fingerprint density at radius 1 is 1.14 bits per heavy atom. The van der Waals surface area contributed by atoms with Crippen LogP contribution in [0.15, 0.2) is 46.9 Å². The highest BCUT2D eigenvalue weighted by molar-refractivity contribution is 14.1. The van der Waals surface area contributed by atoms with Gasteiger partial charge in [-0.2, -0.15) is 0 Å². The second-order valence-corrected chi connectivity index (χ2v) is 6.73. The zero-order chi connectivity index (χ0) is 15.2. The molecular weight excluding hydrogens is 441 g/mol. The lowest BCUT2D eigenvalue weighted by atomic mass is 9.98. The molecule has 0 saturated heterocycles. The lowest BCUT2D eigenvalue weighted by Gasteiger charge is -2.23. The van der Waals surface area contributed by atoms with Gasteiger partial charge in [0.25, 0.3) is 0 Å². The second kappa shape index (κ2) is 8.15. The van der Waals surface area contributed by atoms with Crippen molar-refractivity contribution in [1.82, 2.24) is 5.32 Å². The van der Waals surface area contributed by atoms with E-state index in [0.717, 1.165) is 16.8 Å². The van der Waals surface area contributed by atoms with E-state index >= 15 is 0 Å². The summed E-state index contributed by atoms with van der Waals surface area (Å²) >= 11 is 6.03. The lowest BCUT2D eigenvalue weighted by molar-refractivity contribution is 0.333. The van der Waals surface area contributed by atoms with E-state index in [2.05, 4.69) is 81.1 Å². The lowest BCUT2D eigenvalue weighted by Crippen LogP contribution is -2.23. The molecule has 4 heteroatoms. The summed E-state index contributed by atoms with van der Waals surface area (Å²) in [7, 11) is 0. The summed E-state index contributed by atoms with van der Waals surface area (Å²) in [5.74, 6) is 0.941. The van der Waals surface area contributed by atoms with Crippen LogP contribution in [-0.4, -0.2) is 13.2 Å². The van der Waals surface area contributed by atoms with Crippen LogP contribution in [-0.2, 0) is 0 Å². The van der Waals surface area contributed by atoms with Gasteiger partial charge in [0.05, 0.1) is 12.6 Å². The fourth-order valence-electron chi connectivity index (χ4n) is 2.33. The number of hydrogen-bond acceptors (Lipinski definition) is 2. The van der Waals surface area contributed by atoms with Crippen molar-refractivity contribution in [2.45, 2.75) is 19.9 Å². The molecule has 0 aromatic heterocycles. The minimum atomic E-state index is 0.113. The molecule has 0 fully saturated rings. The van der Waals surface area contributed by atoms with Crippen molar-refractivity contribution in [2.24, 2.45) is 0 Å². The molecule has 1 atom stereocenters. The molecule has 0 bridgehead atoms. The number of nitrogens with one attached hydrogen (secondary N) is 1. The van der Waals surface area contributed by atoms with Crippen molar-refractivity contribution in [1.29, 1.82) is 0 Å². The summed E-state index contributed by atoms with van der Waals surface area (Å²) in [6, 6.07) is 14.8. The third-order valence-corrected chi connectivity index (χ3v) is 4.60. The highest BCUT2D eigenvalue weighted by Crippen LogP contribution is 2.34. The molecule has 1 N–H and O–H groups in total. The zero-order valence-corrected chi connectivity index (χ0v) is 15.9. The average Bonchev–Trinajstić information content (AvgIpc) is 2.49. The molecule has 21 heavy (non-hydrogen) atoms. The van der Waals surface area contributed by atoms with E-state index in [1.807, 2.05) is 19.1 Å². The molecule has 2 rings (SSSR count). The van der Waals surface area contributed by atoms with Gasteiger partial charge in [0.15, 0.2) is 0 Å². The van der Waals surface area contributed by atoms with Gasteiger partial charge in [0, 0.05) is 13.6 Å². The predicted molar refractivity (Wildman–Crippen MR) is 100.0 cm³/mol. The number of rotatable bonds is 6. The van der Waals surface area contributed by atoms with Crippen LogP contribution in [0.3, 0.4) is 0 Å². The summed E-state index contributed by atoms with van der Waals surface area (Å²) < 4.78 is 8.13. The van der Waals surface area contributed by atoms with Crippen LogP contribution in [0.1, 0.15) is 31.0 Å². The molecule has 0 amide bonds. The fourth-order valence-corrected chi connectivity index (χ4v) is 3.32. The Bertz CT molecular complexity index is 603. The zero-order valence-electron chi connectivity index (χ0n) is 12.2. The molecule has 2 nitrogen and oxygen atoms in total. The Labute approximate surface area is 148 Å². The molecule has 0 spiro atoms. The van der Waals surface area contributed by atoms with Gasteiger partial charge in [-0.15, -0.1) is 0 Å². The van der Waals surface area contributed by atoms with E-state index in [-0.39, 0.29) is 6.04 Å². The second-order valence-electron chi connectivity index (χ2n) is 4.63. The van der Waals surface area contributed by atoms with E-state index in [1.165, 1.54) is 14.7 Å². The van der Waals surface area contributed by atoms with Gasteiger partial charge in [-0.1, -0.05) is 41.1 Å². The monoisotopic (exact) mass is 459 g/mol. The van der Waals surface area contributed by atoms with Gasteiger partial charge in [0.1, 0.15) is 5.75 Å². The van der Waals surface area contributed by atoms with Gasteiger partial charge in [0.2, 0.25) is 0 Å². The third kappa shape index (κ3) is 4.20. The van der Waals surface area contributed by atoms with E-state index in [9.17, 15) is 0 Å². The smallest absolute Gasteiger partial charge is 0.124 e. The topological polar surface area (TPSA) is 21.3 Å². The van der Waals surface area contributed by atoms with Crippen molar-refractivity contribution in [3.05, 3.63) is 61.6 Å². The molecule has 1 unspecified atom stereocenters. The van der Waals surface area contributed by atoms with E-state index in [1.54, 1.807) is 0 Å². The standard InChI is InChI=1S/C17H19BrINO/c1-3-20-17(14-11-12(19)9-10-15(14)18)13-7-5-6-8-16(13)21-4-2/h5-11,17,20H,3-4H2,1-2H3. The highest BCUT2D eigenvalue weighted by atomic mass is 127. The van der Waals surface area contributed by atoms with Crippen molar-refractivity contribution in [3.8, 4) is 5.75 Å². The molecule has 2 aromatic carbocycles. The molecule has 0 aliphatic heterocycles. The summed E-state index contributed by atoms with van der Waals surface area (Å²) in [5.41, 5.74) is 2.40. The number of ether oxygens (including phenoxy) is 1. The van der Waals surface area contributed by atoms with Crippen molar-refractivity contribution < 1.29 is 4.74 Å². The van der Waals surface area contributed by atoms with Crippen LogP contribution in [0.25, 0.3) is 0 Å². The summed E-state index contributed by atoms with van der Waals surface area (Å²) in [6.07, 6.45) is 0. The van der Waals surface area contributed by atoms with Gasteiger partial charge in [-0.3, -0.25) is 0 Å². The molecule has 0 aliphatic rings. The average molecular weight is 460 g/mol. The Kier molecular flexibility index (Phi) is 6.51. The Morgan fingerprint density at radius 3 is 2.62 bits per heavy atom. The van der Waals surface area contributed by atoms with Crippen LogP contribution in [0, 0.1) is 3.57 Å². The molecular formula is C17H19BrINO. The number of para-hydroxylation sites is 1. The first kappa shape index (κ1) is 16.8. The Hall–Kier alpha value is -0.590. The van der Waals surface area contributed by atoms with Crippen LogP contribution in [0.4, 0.5) is 0 Å². The van der Waals surface area contributed by atoms with E-state index < -0.39 is 0 Å². The normalized spacial score (nSPS) is 12.2. The first-order chi connectivity index (χ1) is 10.2. The van der Waals surface area contributed by atoms with Gasteiger partial charge < -0.3 is 10.1 Å². The van der Waals surface area contributed by atoms with E-state index in [0.29, 0.717) is 6.61 Å². The molecule has 0 saturated carbocycles. The molecule has 112 valence electrons. The minimum absolute atomic E-state index is 0.113. The highest BCUT2D eigenvalue weighted by Gasteiger charge is 2.19. The van der Waals surface area contributed by atoms with Crippen molar-refractivity contribution in [3.63, 3.8) is 0 Å². The third-order valence-electron chi connectivity index (χ3n) is 3.21. The summed E-state index contributed by atoms with van der Waals surface area (Å²) in [6.45, 7) is 5.70. The maximum atomic E-state index is 5.80. The summed E-state index contributed by atoms with van der Waals surface area (Å²) in [5, 5.41) is 3.57. The first-order valence-electron chi connectivity index (χ1n) is 7.07. The maximum absolute atomic E-state index is 5.80. The molecule has 0 heterocycles. The fraction of sp³-hybridized carbons (Fsp3) is 0.294. The first-order valence-corrected chi connectivity index (χ1v) is 8.94. The molecule has 0 aliphatic carbocycles. The number of benzene rings is 2. The van der Waals surface area contributed by atoms with Crippen LogP contribution < -0.4 is 10.1 Å². The molecule has 2 aromatic rings. The molecule has 0 radical (unpaired) electrons. The Morgan fingerprint density at radius 2 is 1.90 bits per heavy atom. The number of halogens is 2. The van der Waals surface area contributed by atoms with Crippen LogP contribution in [0.2, 0.25) is 0 Å². The van der Waals surface area contributed by atoms with Gasteiger partial charge >= 0.3 is 0 Å². The SMILES string of the molecule is CCNC(c1cc(I)ccc1Br)c1ccccc1OCC. The Balaban J connectivity index is 2.50. The predicted octanol–water partition coefficient (Wildman–Crippen LogP) is 5.15. The van der Waals surface area contributed by atoms with Crippen LogP contribution >= 0.6 is 38.5 Å². The van der Waals surface area contributed by atoms with Crippen molar-refractivity contribution >= 4 is 38.5 Å². The van der Waals surface area contributed by atoms with E-state index in [4.69, 9.17) is 4.74 Å². The van der Waals surface area contributed by atoms with Gasteiger partial charge in [-0.05, 0) is 65.9 Å². The number of hydrogen-bond donors (Lipinski definition) is 1. The largest absolute Gasteiger partial charge is 0.494 e. The van der Waals surface area contributed by atoms with Gasteiger partial charge in [-0.25, -0.2) is 0 Å². The minimum Gasteiger partial charge on any atom is -0.494 e.